The van der Waals surface area contributed by atoms with Gasteiger partial charge in [-0.2, -0.15) is 0 Å². The average molecular weight is 214 g/mol. The molecule has 1 aromatic carbocycles. The number of rotatable bonds is 1. The highest BCUT2D eigenvalue weighted by molar-refractivity contribution is 5.90. The third-order valence-corrected chi connectivity index (χ3v) is 2.53. The van der Waals surface area contributed by atoms with Gasteiger partial charge in [0, 0.05) is 12.4 Å². The lowest BCUT2D eigenvalue weighted by Gasteiger charge is -1.99. The Balaban J connectivity index is 2.35. The summed E-state index contributed by atoms with van der Waals surface area (Å²) < 4.78 is 7.30. The zero-order valence-corrected chi connectivity index (χ0v) is 9.01. The Bertz CT molecular complexity index is 653. The van der Waals surface area contributed by atoms with Crippen LogP contribution in [0.3, 0.4) is 0 Å². The molecule has 0 amide bonds. The van der Waals surface area contributed by atoms with E-state index in [1.54, 1.807) is 4.68 Å². The number of aromatic nitrogens is 4. The molecule has 2 heterocycles. The van der Waals surface area contributed by atoms with E-state index < -0.39 is 0 Å². The summed E-state index contributed by atoms with van der Waals surface area (Å²) in [4.78, 5) is 0. The number of nitrogens with zero attached hydrogens (tertiary/aromatic N) is 4. The van der Waals surface area contributed by atoms with E-state index in [0.29, 0.717) is 5.82 Å². The Morgan fingerprint density at radius 1 is 1.31 bits per heavy atom. The van der Waals surface area contributed by atoms with Gasteiger partial charge < -0.3 is 4.42 Å². The smallest absolute Gasteiger partial charge is 0.185 e. The average Bonchev–Trinajstić information content (AvgIpc) is 2.82. The van der Waals surface area contributed by atoms with Gasteiger partial charge in [0.25, 0.3) is 0 Å². The molecule has 80 valence electrons. The van der Waals surface area contributed by atoms with Crippen LogP contribution in [-0.4, -0.2) is 20.2 Å². The summed E-state index contributed by atoms with van der Waals surface area (Å²) in [5, 5.41) is 12.5. The summed E-state index contributed by atoms with van der Waals surface area (Å²) in [5.74, 6) is 1.59. The van der Waals surface area contributed by atoms with Gasteiger partial charge in [0.05, 0.1) is 5.56 Å². The first kappa shape index (κ1) is 9.08. The second kappa shape index (κ2) is 3.16. The highest BCUT2D eigenvalue weighted by Crippen LogP contribution is 2.28. The van der Waals surface area contributed by atoms with Gasteiger partial charge in [-0.15, -0.1) is 5.10 Å². The van der Waals surface area contributed by atoms with Gasteiger partial charge in [-0.25, -0.2) is 4.68 Å². The number of furan rings is 1. The Morgan fingerprint density at radius 3 is 2.94 bits per heavy atom. The van der Waals surface area contributed by atoms with Gasteiger partial charge in [-0.3, -0.25) is 0 Å². The molecule has 0 atom stereocenters. The standard InChI is InChI=1S/C11H10N4O/c1-7-6-8-4-3-5-9(10(8)16-7)11-12-13-14-15(11)2/h3-6H,1-2H3. The van der Waals surface area contributed by atoms with E-state index in [4.69, 9.17) is 4.42 Å². The van der Waals surface area contributed by atoms with Crippen LogP contribution in [0.4, 0.5) is 0 Å². The van der Waals surface area contributed by atoms with Crippen molar-refractivity contribution >= 4 is 11.0 Å². The van der Waals surface area contributed by atoms with Crippen LogP contribution in [0.1, 0.15) is 5.76 Å². The number of hydrogen-bond acceptors (Lipinski definition) is 4. The lowest BCUT2D eigenvalue weighted by atomic mass is 10.1. The minimum Gasteiger partial charge on any atom is -0.461 e. The molecule has 0 saturated heterocycles. The molecule has 0 fully saturated rings. The van der Waals surface area contributed by atoms with E-state index in [0.717, 1.165) is 22.3 Å². The number of benzene rings is 1. The van der Waals surface area contributed by atoms with Crippen molar-refractivity contribution in [2.24, 2.45) is 7.05 Å². The zero-order chi connectivity index (χ0) is 11.1. The van der Waals surface area contributed by atoms with Crippen molar-refractivity contribution < 1.29 is 4.42 Å². The van der Waals surface area contributed by atoms with Crippen molar-refractivity contribution in [2.45, 2.75) is 6.92 Å². The summed E-state index contributed by atoms with van der Waals surface area (Å²) in [6.07, 6.45) is 0. The maximum atomic E-state index is 5.67. The van der Waals surface area contributed by atoms with Gasteiger partial charge in [0.1, 0.15) is 11.3 Å². The van der Waals surface area contributed by atoms with E-state index in [2.05, 4.69) is 15.5 Å². The van der Waals surface area contributed by atoms with Gasteiger partial charge in [0.15, 0.2) is 5.82 Å². The molecule has 0 saturated carbocycles. The molecule has 3 rings (SSSR count). The summed E-state index contributed by atoms with van der Waals surface area (Å²) >= 11 is 0. The Hall–Kier alpha value is -2.17. The van der Waals surface area contributed by atoms with Crippen molar-refractivity contribution in [3.8, 4) is 11.4 Å². The van der Waals surface area contributed by atoms with Gasteiger partial charge >= 0.3 is 0 Å². The molecule has 2 aromatic heterocycles. The van der Waals surface area contributed by atoms with Crippen LogP contribution >= 0.6 is 0 Å². The molecule has 5 nitrogen and oxygen atoms in total. The largest absolute Gasteiger partial charge is 0.461 e. The normalized spacial score (nSPS) is 11.1. The molecule has 0 bridgehead atoms. The van der Waals surface area contributed by atoms with E-state index in [1.165, 1.54) is 0 Å². The molecule has 16 heavy (non-hydrogen) atoms. The Kier molecular flexibility index (Phi) is 1.80. The first-order chi connectivity index (χ1) is 7.75. The fourth-order valence-electron chi connectivity index (χ4n) is 1.83. The van der Waals surface area contributed by atoms with Crippen LogP contribution in [-0.2, 0) is 7.05 Å². The highest BCUT2D eigenvalue weighted by atomic mass is 16.3. The van der Waals surface area contributed by atoms with Gasteiger partial charge in [-0.05, 0) is 29.5 Å². The van der Waals surface area contributed by atoms with Gasteiger partial charge in [0.2, 0.25) is 0 Å². The van der Waals surface area contributed by atoms with E-state index in [1.807, 2.05) is 38.2 Å². The van der Waals surface area contributed by atoms with Crippen molar-refractivity contribution in [3.63, 3.8) is 0 Å². The van der Waals surface area contributed by atoms with Crippen molar-refractivity contribution in [1.82, 2.24) is 20.2 Å². The molecule has 0 radical (unpaired) electrons. The molecule has 0 aliphatic heterocycles. The second-order valence-electron chi connectivity index (χ2n) is 3.71. The quantitative estimate of drug-likeness (QED) is 0.621. The third-order valence-electron chi connectivity index (χ3n) is 2.53. The van der Waals surface area contributed by atoms with E-state index in [9.17, 15) is 0 Å². The number of aryl methyl sites for hydroxylation is 2. The zero-order valence-electron chi connectivity index (χ0n) is 9.01. The SMILES string of the molecule is Cc1cc2cccc(-c3nnnn3C)c2o1. The lowest BCUT2D eigenvalue weighted by Crippen LogP contribution is -1.94. The lowest BCUT2D eigenvalue weighted by molar-refractivity contribution is 0.579. The Morgan fingerprint density at radius 2 is 2.19 bits per heavy atom. The summed E-state index contributed by atoms with van der Waals surface area (Å²) in [6.45, 7) is 1.93. The Labute approximate surface area is 91.7 Å². The maximum Gasteiger partial charge on any atom is 0.185 e. The van der Waals surface area contributed by atoms with Gasteiger partial charge in [-0.1, -0.05) is 12.1 Å². The van der Waals surface area contributed by atoms with Crippen molar-refractivity contribution in [1.29, 1.82) is 0 Å². The van der Waals surface area contributed by atoms with Crippen LogP contribution in [0.2, 0.25) is 0 Å². The molecule has 0 aliphatic rings. The topological polar surface area (TPSA) is 56.7 Å². The second-order valence-corrected chi connectivity index (χ2v) is 3.71. The van der Waals surface area contributed by atoms with Crippen LogP contribution in [0.15, 0.2) is 28.7 Å². The fourth-order valence-corrected chi connectivity index (χ4v) is 1.83. The number of tetrazole rings is 1. The van der Waals surface area contributed by atoms with Crippen molar-refractivity contribution in [2.75, 3.05) is 0 Å². The monoisotopic (exact) mass is 214 g/mol. The summed E-state index contributed by atoms with van der Waals surface area (Å²) in [5.41, 5.74) is 1.75. The summed E-state index contributed by atoms with van der Waals surface area (Å²) in [6, 6.07) is 7.94. The first-order valence-electron chi connectivity index (χ1n) is 4.97. The first-order valence-corrected chi connectivity index (χ1v) is 4.97. The number of fused-ring (bicyclic) bond motifs is 1. The molecule has 0 spiro atoms. The predicted molar refractivity (Wildman–Crippen MR) is 58.7 cm³/mol. The molecule has 3 aromatic rings. The highest BCUT2D eigenvalue weighted by Gasteiger charge is 2.12. The molecule has 0 aliphatic carbocycles. The number of para-hydroxylation sites is 1. The van der Waals surface area contributed by atoms with Crippen LogP contribution in [0.25, 0.3) is 22.4 Å². The summed E-state index contributed by atoms with van der Waals surface area (Å²) in [7, 11) is 1.81. The van der Waals surface area contributed by atoms with E-state index >= 15 is 0 Å². The molecule has 0 N–H and O–H groups in total. The molecule has 5 heteroatoms. The van der Waals surface area contributed by atoms with E-state index in [-0.39, 0.29) is 0 Å². The third kappa shape index (κ3) is 1.21. The number of hydrogen-bond donors (Lipinski definition) is 0. The van der Waals surface area contributed by atoms with Crippen molar-refractivity contribution in [3.05, 3.63) is 30.0 Å². The minimum absolute atomic E-state index is 0.708. The van der Waals surface area contributed by atoms with Crippen LogP contribution < -0.4 is 0 Å². The molecular formula is C11H10N4O. The van der Waals surface area contributed by atoms with Crippen LogP contribution in [0.5, 0.6) is 0 Å². The minimum atomic E-state index is 0.708. The maximum absolute atomic E-state index is 5.67. The predicted octanol–water partition coefficient (Wildman–Crippen LogP) is 1.93. The molecular weight excluding hydrogens is 204 g/mol. The van der Waals surface area contributed by atoms with Crippen LogP contribution in [0, 0.1) is 6.92 Å². The molecule has 0 unspecified atom stereocenters. The fraction of sp³-hybridized carbons (Fsp3) is 0.182.